The number of benzene rings is 1. The van der Waals surface area contributed by atoms with Gasteiger partial charge in [0.05, 0.1) is 16.1 Å². The van der Waals surface area contributed by atoms with Gasteiger partial charge < -0.3 is 14.8 Å². The van der Waals surface area contributed by atoms with Gasteiger partial charge in [0.15, 0.2) is 0 Å². The molecule has 0 fully saturated rings. The van der Waals surface area contributed by atoms with E-state index in [9.17, 15) is 0 Å². The van der Waals surface area contributed by atoms with Crippen LogP contribution >= 0.6 is 31.9 Å². The molecule has 0 aliphatic heterocycles. The Balaban J connectivity index is 2.62. The Morgan fingerprint density at radius 3 is 2.50 bits per heavy atom. The lowest BCUT2D eigenvalue weighted by Crippen LogP contribution is -2.18. The van der Waals surface area contributed by atoms with Crippen molar-refractivity contribution in [3.63, 3.8) is 0 Å². The summed E-state index contributed by atoms with van der Waals surface area (Å²) in [5, 5.41) is 3.21. The summed E-state index contributed by atoms with van der Waals surface area (Å²) >= 11 is 6.88. The van der Waals surface area contributed by atoms with Crippen molar-refractivity contribution in [3.8, 4) is 11.5 Å². The number of hydrogen-bond acceptors (Lipinski definition) is 3. The number of nitrogens with one attached hydrogen (secondary N) is 1. The molecule has 1 rings (SSSR count). The second-order valence-corrected chi connectivity index (χ2v) is 5.44. The molecule has 0 saturated heterocycles. The average Bonchev–Trinajstić information content (AvgIpc) is 2.36. The third kappa shape index (κ3) is 4.63. The summed E-state index contributed by atoms with van der Waals surface area (Å²) in [7, 11) is 1.63. The quantitative estimate of drug-likeness (QED) is 0.732. The van der Waals surface area contributed by atoms with E-state index < -0.39 is 0 Å². The maximum atomic E-state index is 5.70. The third-order valence-corrected chi connectivity index (χ3v) is 3.50. The molecule has 0 amide bonds. The monoisotopic (exact) mass is 377 g/mol. The molecule has 0 atom stereocenters. The Morgan fingerprint density at radius 1 is 1.28 bits per heavy atom. The van der Waals surface area contributed by atoms with Gasteiger partial charge in [0, 0.05) is 6.54 Å². The maximum Gasteiger partial charge on any atom is 0.135 e. The van der Waals surface area contributed by atoms with Crippen molar-refractivity contribution in [2.24, 2.45) is 0 Å². The maximum absolute atomic E-state index is 5.70. The van der Waals surface area contributed by atoms with Crippen LogP contribution in [0.15, 0.2) is 33.2 Å². The van der Waals surface area contributed by atoms with Crippen LogP contribution in [0.5, 0.6) is 11.5 Å². The van der Waals surface area contributed by atoms with Gasteiger partial charge in [-0.25, -0.2) is 0 Å². The lowest BCUT2D eigenvalue weighted by molar-refractivity contribution is 0.344. The zero-order chi connectivity index (χ0) is 13.5. The van der Waals surface area contributed by atoms with E-state index >= 15 is 0 Å². The molecule has 3 nitrogen and oxygen atoms in total. The van der Waals surface area contributed by atoms with Crippen LogP contribution in [0.2, 0.25) is 0 Å². The summed E-state index contributed by atoms with van der Waals surface area (Å²) < 4.78 is 12.6. The molecule has 1 aromatic carbocycles. The van der Waals surface area contributed by atoms with Gasteiger partial charge in [0.1, 0.15) is 18.1 Å². The van der Waals surface area contributed by atoms with Crippen LogP contribution in [0, 0.1) is 0 Å². The van der Waals surface area contributed by atoms with Crippen molar-refractivity contribution in [3.05, 3.63) is 33.2 Å². The third-order valence-electron chi connectivity index (χ3n) is 2.26. The molecule has 0 unspecified atom stereocenters. The van der Waals surface area contributed by atoms with Gasteiger partial charge in [-0.1, -0.05) is 13.5 Å². The first-order chi connectivity index (χ1) is 8.58. The van der Waals surface area contributed by atoms with Crippen molar-refractivity contribution in [2.75, 3.05) is 26.8 Å². The second kappa shape index (κ2) is 7.81. The normalized spacial score (nSPS) is 10.2. The van der Waals surface area contributed by atoms with Gasteiger partial charge >= 0.3 is 0 Å². The topological polar surface area (TPSA) is 30.5 Å². The molecule has 5 heteroatoms. The minimum atomic E-state index is 0.490. The molecule has 0 aromatic heterocycles. The van der Waals surface area contributed by atoms with E-state index in [-0.39, 0.29) is 0 Å². The molecule has 1 aromatic rings. The molecule has 100 valence electrons. The van der Waals surface area contributed by atoms with Crippen LogP contribution in [0.25, 0.3) is 0 Å². The fraction of sp³-hybridized carbons (Fsp3) is 0.385. The van der Waals surface area contributed by atoms with Crippen LogP contribution in [-0.4, -0.2) is 26.8 Å². The molecule has 1 N–H and O–H groups in total. The Hall–Kier alpha value is -0.520. The predicted molar refractivity (Wildman–Crippen MR) is 81.6 cm³/mol. The predicted octanol–water partition coefficient (Wildman–Crippen LogP) is 3.76. The van der Waals surface area contributed by atoms with E-state index in [1.165, 1.54) is 0 Å². The van der Waals surface area contributed by atoms with Crippen molar-refractivity contribution in [2.45, 2.75) is 6.92 Å². The molecular formula is C13H17Br2NO2. The first kappa shape index (κ1) is 15.5. The van der Waals surface area contributed by atoms with E-state index in [1.807, 2.05) is 12.1 Å². The van der Waals surface area contributed by atoms with Crippen molar-refractivity contribution >= 4 is 31.9 Å². The molecular weight excluding hydrogens is 362 g/mol. The SMILES string of the molecule is C=C(CNCC)COc1cc(Br)c(OC)cc1Br. The number of halogens is 2. The van der Waals surface area contributed by atoms with E-state index in [2.05, 4.69) is 50.7 Å². The minimum absolute atomic E-state index is 0.490. The largest absolute Gasteiger partial charge is 0.496 e. The summed E-state index contributed by atoms with van der Waals surface area (Å²) in [6.07, 6.45) is 0. The minimum Gasteiger partial charge on any atom is -0.496 e. The first-order valence-electron chi connectivity index (χ1n) is 5.61. The molecule has 0 saturated carbocycles. The van der Waals surface area contributed by atoms with Gasteiger partial charge in [-0.15, -0.1) is 0 Å². The number of ether oxygens (including phenoxy) is 2. The summed E-state index contributed by atoms with van der Waals surface area (Å²) in [6.45, 7) is 8.20. The number of likely N-dealkylation sites (N-methyl/N-ethyl adjacent to an activating group) is 1. The highest BCUT2D eigenvalue weighted by Crippen LogP contribution is 2.36. The number of rotatable bonds is 7. The van der Waals surface area contributed by atoms with Gasteiger partial charge in [-0.3, -0.25) is 0 Å². The zero-order valence-electron chi connectivity index (χ0n) is 10.6. The molecule has 18 heavy (non-hydrogen) atoms. The Kier molecular flexibility index (Phi) is 6.75. The van der Waals surface area contributed by atoms with Crippen LogP contribution in [-0.2, 0) is 0 Å². The van der Waals surface area contributed by atoms with Gasteiger partial charge in [-0.2, -0.15) is 0 Å². The zero-order valence-corrected chi connectivity index (χ0v) is 13.7. The molecule has 0 radical (unpaired) electrons. The van der Waals surface area contributed by atoms with Crippen LogP contribution in [0.1, 0.15) is 6.92 Å². The number of methoxy groups -OCH3 is 1. The van der Waals surface area contributed by atoms with Gasteiger partial charge in [0.2, 0.25) is 0 Å². The van der Waals surface area contributed by atoms with E-state index in [1.54, 1.807) is 7.11 Å². The molecule has 0 aliphatic carbocycles. The lowest BCUT2D eigenvalue weighted by Gasteiger charge is -2.12. The molecule has 0 heterocycles. The van der Waals surface area contributed by atoms with Gasteiger partial charge in [0.25, 0.3) is 0 Å². The van der Waals surface area contributed by atoms with E-state index in [0.717, 1.165) is 39.1 Å². The smallest absolute Gasteiger partial charge is 0.135 e. The highest BCUT2D eigenvalue weighted by atomic mass is 79.9. The second-order valence-electron chi connectivity index (χ2n) is 3.74. The fourth-order valence-corrected chi connectivity index (χ4v) is 2.23. The summed E-state index contributed by atoms with van der Waals surface area (Å²) in [5.41, 5.74) is 1.01. The Bertz CT molecular complexity index is 422. The Morgan fingerprint density at radius 2 is 1.89 bits per heavy atom. The van der Waals surface area contributed by atoms with Crippen LogP contribution in [0.3, 0.4) is 0 Å². The lowest BCUT2D eigenvalue weighted by atomic mass is 10.3. The molecule has 0 aliphatic rings. The van der Waals surface area contributed by atoms with Crippen molar-refractivity contribution in [1.82, 2.24) is 5.32 Å². The molecule has 0 bridgehead atoms. The van der Waals surface area contributed by atoms with E-state index in [0.29, 0.717) is 6.61 Å². The molecule has 0 spiro atoms. The van der Waals surface area contributed by atoms with Crippen LogP contribution < -0.4 is 14.8 Å². The summed E-state index contributed by atoms with van der Waals surface area (Å²) in [5.74, 6) is 1.53. The summed E-state index contributed by atoms with van der Waals surface area (Å²) in [6, 6.07) is 3.75. The van der Waals surface area contributed by atoms with Crippen LogP contribution in [0.4, 0.5) is 0 Å². The highest BCUT2D eigenvalue weighted by molar-refractivity contribution is 9.11. The fourth-order valence-electron chi connectivity index (χ4n) is 1.31. The van der Waals surface area contributed by atoms with Crippen molar-refractivity contribution in [1.29, 1.82) is 0 Å². The standard InChI is InChI=1S/C13H17Br2NO2/c1-4-16-7-9(2)8-18-13-6-10(14)12(17-3)5-11(13)15/h5-6,16H,2,4,7-8H2,1,3H3. The van der Waals surface area contributed by atoms with E-state index in [4.69, 9.17) is 9.47 Å². The Labute approximate surface area is 125 Å². The highest BCUT2D eigenvalue weighted by Gasteiger charge is 2.08. The average molecular weight is 379 g/mol. The summed E-state index contributed by atoms with van der Waals surface area (Å²) in [4.78, 5) is 0. The number of hydrogen-bond donors (Lipinski definition) is 1. The first-order valence-corrected chi connectivity index (χ1v) is 7.20. The van der Waals surface area contributed by atoms with Gasteiger partial charge in [-0.05, 0) is 56.1 Å². The van der Waals surface area contributed by atoms with Crippen molar-refractivity contribution < 1.29 is 9.47 Å².